The minimum Gasteiger partial charge on any atom is -0.209 e. The fraction of sp³-hybridized carbons (Fsp3) is 0.0714. The number of thiophene rings is 3. The van der Waals surface area contributed by atoms with Crippen molar-refractivity contribution in [2.45, 2.75) is 12.8 Å². The number of nitrogens with zero attached hydrogens (tertiary/aromatic N) is 3. The first-order chi connectivity index (χ1) is 23.8. The van der Waals surface area contributed by atoms with Gasteiger partial charge in [0.2, 0.25) is 0 Å². The SMILES string of the molecule is C(#CC1C=CC=C(c2nc(-c3ccccc3)nc(-c3ccccc3)n2)C1)C1=CC=C(c2sc(-c3cccs3)cc2-c2cccs2)CC=C1. The molecule has 3 nitrogen and oxygen atoms in total. The third-order valence-electron chi connectivity index (χ3n) is 8.14. The van der Waals surface area contributed by atoms with E-state index in [4.69, 9.17) is 15.0 Å². The molecule has 48 heavy (non-hydrogen) atoms. The lowest BCUT2D eigenvalue weighted by molar-refractivity contribution is 0.852. The molecule has 0 saturated carbocycles. The van der Waals surface area contributed by atoms with Crippen molar-refractivity contribution in [2.75, 3.05) is 0 Å². The van der Waals surface area contributed by atoms with Gasteiger partial charge in [-0.15, -0.1) is 34.0 Å². The van der Waals surface area contributed by atoms with Gasteiger partial charge in [0.15, 0.2) is 17.5 Å². The minimum absolute atomic E-state index is 0.0548. The molecular weight excluding hydrogens is 643 g/mol. The number of aromatic nitrogens is 3. The van der Waals surface area contributed by atoms with Crippen LogP contribution in [0.1, 0.15) is 23.5 Å². The Kier molecular flexibility index (Phi) is 8.73. The highest BCUT2D eigenvalue weighted by Gasteiger charge is 2.19. The standard InChI is InChI=1S/C42H29N3S3/c1-3-13-32(14-4-1)40-43-41(33-15-5-2-6-16-33)45-42(44-40)34-18-8-12-30(27-34)22-21-29-11-7-17-31(24-23-29)39-35(36-19-9-25-46-36)28-38(48-39)37-20-10-26-47-37/h1-16,18-20,23-26,28,30H,17,27H2. The Morgan fingerprint density at radius 2 is 1.33 bits per heavy atom. The van der Waals surface area contributed by atoms with Crippen LogP contribution < -0.4 is 0 Å². The first-order valence-electron chi connectivity index (χ1n) is 15.8. The van der Waals surface area contributed by atoms with Crippen molar-refractivity contribution < 1.29 is 0 Å². The molecule has 0 bridgehead atoms. The van der Waals surface area contributed by atoms with Crippen LogP contribution in [-0.2, 0) is 0 Å². The van der Waals surface area contributed by atoms with Crippen LogP contribution in [0.5, 0.6) is 0 Å². The van der Waals surface area contributed by atoms with E-state index in [1.165, 1.54) is 30.6 Å². The van der Waals surface area contributed by atoms with E-state index in [1.54, 1.807) is 22.7 Å². The monoisotopic (exact) mass is 671 g/mol. The minimum atomic E-state index is 0.0548. The molecule has 8 rings (SSSR count). The van der Waals surface area contributed by atoms with Crippen molar-refractivity contribution in [3.05, 3.63) is 161 Å². The van der Waals surface area contributed by atoms with Gasteiger partial charge < -0.3 is 0 Å². The number of hydrogen-bond donors (Lipinski definition) is 0. The summed E-state index contributed by atoms with van der Waals surface area (Å²) >= 11 is 5.47. The lowest BCUT2D eigenvalue weighted by atomic mass is 9.94. The summed E-state index contributed by atoms with van der Waals surface area (Å²) in [5, 5.41) is 4.30. The molecular formula is C42H29N3S3. The average molecular weight is 672 g/mol. The molecule has 0 amide bonds. The van der Waals surface area contributed by atoms with Gasteiger partial charge in [-0.2, -0.15) is 0 Å². The maximum Gasteiger partial charge on any atom is 0.164 e. The first-order valence-corrected chi connectivity index (χ1v) is 18.4. The zero-order chi connectivity index (χ0) is 32.1. The Balaban J connectivity index is 1.06. The summed E-state index contributed by atoms with van der Waals surface area (Å²) in [6.45, 7) is 0. The van der Waals surface area contributed by atoms with Crippen LogP contribution in [0.3, 0.4) is 0 Å². The predicted molar refractivity (Wildman–Crippen MR) is 204 cm³/mol. The van der Waals surface area contributed by atoms with Gasteiger partial charge in [0.25, 0.3) is 0 Å². The highest BCUT2D eigenvalue weighted by atomic mass is 32.1. The van der Waals surface area contributed by atoms with Crippen LogP contribution >= 0.6 is 34.0 Å². The zero-order valence-corrected chi connectivity index (χ0v) is 28.4. The average Bonchev–Trinajstić information content (AvgIpc) is 3.93. The summed E-state index contributed by atoms with van der Waals surface area (Å²) in [5.74, 6) is 9.10. The molecule has 6 heteroatoms. The molecule has 0 saturated heterocycles. The second kappa shape index (κ2) is 13.9. The fourth-order valence-corrected chi connectivity index (χ4v) is 8.58. The van der Waals surface area contributed by atoms with Crippen molar-refractivity contribution in [2.24, 2.45) is 5.92 Å². The van der Waals surface area contributed by atoms with Gasteiger partial charge in [0, 0.05) is 47.7 Å². The highest BCUT2D eigenvalue weighted by molar-refractivity contribution is 7.22. The Labute approximate surface area is 292 Å². The smallest absolute Gasteiger partial charge is 0.164 e. The number of allylic oxidation sites excluding steroid dienone is 10. The van der Waals surface area contributed by atoms with Gasteiger partial charge in [-0.1, -0.05) is 121 Å². The second-order valence-corrected chi connectivity index (χ2v) is 14.4. The maximum absolute atomic E-state index is 4.93. The summed E-state index contributed by atoms with van der Waals surface area (Å²) in [6, 6.07) is 31.2. The molecule has 4 heterocycles. The van der Waals surface area contributed by atoms with E-state index in [1.807, 2.05) is 72.0 Å². The summed E-state index contributed by atoms with van der Waals surface area (Å²) in [4.78, 5) is 20.0. The highest BCUT2D eigenvalue weighted by Crippen LogP contribution is 2.44. The molecule has 2 aromatic carbocycles. The Morgan fingerprint density at radius 3 is 2.02 bits per heavy atom. The van der Waals surface area contributed by atoms with Gasteiger partial charge in [0.1, 0.15) is 0 Å². The van der Waals surface area contributed by atoms with E-state index in [-0.39, 0.29) is 5.92 Å². The molecule has 0 radical (unpaired) electrons. The zero-order valence-electron chi connectivity index (χ0n) is 25.9. The molecule has 1 atom stereocenters. The third kappa shape index (κ3) is 6.62. The van der Waals surface area contributed by atoms with Crippen LogP contribution in [-0.4, -0.2) is 15.0 Å². The summed E-state index contributed by atoms with van der Waals surface area (Å²) in [6.07, 6.45) is 16.8. The van der Waals surface area contributed by atoms with Crippen LogP contribution in [0, 0.1) is 17.8 Å². The molecule has 6 aromatic rings. The van der Waals surface area contributed by atoms with Crippen molar-refractivity contribution in [3.63, 3.8) is 0 Å². The van der Waals surface area contributed by atoms with E-state index in [0.717, 1.165) is 35.1 Å². The molecule has 0 fully saturated rings. The quantitative estimate of drug-likeness (QED) is 0.165. The van der Waals surface area contributed by atoms with E-state index in [9.17, 15) is 0 Å². The van der Waals surface area contributed by atoms with E-state index in [0.29, 0.717) is 17.5 Å². The lowest BCUT2D eigenvalue weighted by Crippen LogP contribution is -2.06. The number of benzene rings is 2. The summed E-state index contributed by atoms with van der Waals surface area (Å²) < 4.78 is 0. The van der Waals surface area contributed by atoms with E-state index < -0.39 is 0 Å². The van der Waals surface area contributed by atoms with Gasteiger partial charge in [-0.05, 0) is 59.0 Å². The molecule has 0 aliphatic heterocycles. The fourth-order valence-electron chi connectivity index (χ4n) is 5.74. The molecule has 2 aliphatic carbocycles. The molecule has 1 unspecified atom stereocenters. The summed E-state index contributed by atoms with van der Waals surface area (Å²) in [7, 11) is 0. The van der Waals surface area contributed by atoms with Crippen molar-refractivity contribution >= 4 is 45.2 Å². The van der Waals surface area contributed by atoms with E-state index in [2.05, 4.69) is 95.5 Å². The Bertz CT molecular complexity index is 2220. The van der Waals surface area contributed by atoms with Crippen molar-refractivity contribution in [3.8, 4) is 54.8 Å². The van der Waals surface area contributed by atoms with Crippen LogP contribution in [0.2, 0.25) is 0 Å². The molecule has 0 N–H and O–H groups in total. The largest absolute Gasteiger partial charge is 0.209 e. The first kappa shape index (κ1) is 30.2. The van der Waals surface area contributed by atoms with Gasteiger partial charge >= 0.3 is 0 Å². The van der Waals surface area contributed by atoms with Crippen LogP contribution in [0.25, 0.3) is 54.1 Å². The van der Waals surface area contributed by atoms with Crippen molar-refractivity contribution in [1.29, 1.82) is 0 Å². The molecule has 0 spiro atoms. The predicted octanol–water partition coefficient (Wildman–Crippen LogP) is 11.7. The molecule has 230 valence electrons. The van der Waals surface area contributed by atoms with Crippen molar-refractivity contribution in [1.82, 2.24) is 15.0 Å². The molecule has 4 aromatic heterocycles. The molecule has 2 aliphatic rings. The van der Waals surface area contributed by atoms with Gasteiger partial charge in [-0.25, -0.2) is 15.0 Å². The van der Waals surface area contributed by atoms with Gasteiger partial charge in [0.05, 0.1) is 0 Å². The summed E-state index contributed by atoms with van der Waals surface area (Å²) in [5.41, 5.74) is 6.64. The maximum atomic E-state index is 4.93. The lowest BCUT2D eigenvalue weighted by Gasteiger charge is -2.15. The van der Waals surface area contributed by atoms with Crippen LogP contribution in [0.4, 0.5) is 0 Å². The van der Waals surface area contributed by atoms with Crippen LogP contribution in [0.15, 0.2) is 150 Å². The topological polar surface area (TPSA) is 38.7 Å². The second-order valence-electron chi connectivity index (χ2n) is 11.4. The number of rotatable bonds is 6. The number of hydrogen-bond acceptors (Lipinski definition) is 6. The van der Waals surface area contributed by atoms with Gasteiger partial charge in [-0.3, -0.25) is 0 Å². The third-order valence-corrected chi connectivity index (χ3v) is 11.3. The van der Waals surface area contributed by atoms with E-state index >= 15 is 0 Å². The Hall–Kier alpha value is -5.19. The Morgan fingerprint density at radius 1 is 0.646 bits per heavy atom. The normalized spacial score (nSPS) is 15.6.